The number of nitrogens with one attached hydrogen (secondary N) is 1. The second-order valence-electron chi connectivity index (χ2n) is 5.13. The monoisotopic (exact) mass is 282 g/mol. The molecule has 0 atom stereocenters. The SMILES string of the molecule is CC(C)Oc1ncccc1NCc1cc2ccccc2o1. The number of nitrogens with zero attached hydrogens (tertiary/aromatic N) is 1. The summed E-state index contributed by atoms with van der Waals surface area (Å²) in [6, 6.07) is 13.9. The van der Waals surface area contributed by atoms with Crippen LogP contribution in [-0.4, -0.2) is 11.1 Å². The molecular weight excluding hydrogens is 264 g/mol. The minimum Gasteiger partial charge on any atom is -0.473 e. The molecule has 4 nitrogen and oxygen atoms in total. The summed E-state index contributed by atoms with van der Waals surface area (Å²) in [5, 5.41) is 4.42. The Bertz CT molecular complexity index is 701. The van der Waals surface area contributed by atoms with E-state index in [0.29, 0.717) is 12.4 Å². The summed E-state index contributed by atoms with van der Waals surface area (Å²) >= 11 is 0. The molecule has 0 aliphatic carbocycles. The Kier molecular flexibility index (Phi) is 3.77. The Morgan fingerprint density at radius 2 is 2.05 bits per heavy atom. The van der Waals surface area contributed by atoms with Gasteiger partial charge in [-0.2, -0.15) is 0 Å². The number of benzene rings is 1. The highest BCUT2D eigenvalue weighted by Crippen LogP contribution is 2.24. The number of hydrogen-bond donors (Lipinski definition) is 1. The first-order valence-corrected chi connectivity index (χ1v) is 7.05. The van der Waals surface area contributed by atoms with Crippen molar-refractivity contribution in [1.82, 2.24) is 4.98 Å². The van der Waals surface area contributed by atoms with Gasteiger partial charge < -0.3 is 14.5 Å². The Labute approximate surface area is 123 Å². The standard InChI is InChI=1S/C17H18N2O2/c1-12(2)20-17-15(7-5-9-18-17)19-11-14-10-13-6-3-4-8-16(13)21-14/h3-10,12,19H,11H2,1-2H3. The average Bonchev–Trinajstić information content (AvgIpc) is 2.88. The summed E-state index contributed by atoms with van der Waals surface area (Å²) in [6.07, 6.45) is 1.82. The quantitative estimate of drug-likeness (QED) is 0.761. The van der Waals surface area contributed by atoms with Crippen molar-refractivity contribution < 1.29 is 9.15 Å². The van der Waals surface area contributed by atoms with E-state index in [1.54, 1.807) is 6.20 Å². The van der Waals surface area contributed by atoms with Crippen molar-refractivity contribution in [3.05, 3.63) is 54.4 Å². The first-order valence-electron chi connectivity index (χ1n) is 7.05. The van der Waals surface area contributed by atoms with Crippen molar-refractivity contribution in [3.8, 4) is 5.88 Å². The lowest BCUT2D eigenvalue weighted by molar-refractivity contribution is 0.234. The molecular formula is C17H18N2O2. The van der Waals surface area contributed by atoms with Gasteiger partial charge in [0.15, 0.2) is 0 Å². The van der Waals surface area contributed by atoms with Gasteiger partial charge >= 0.3 is 0 Å². The number of rotatable bonds is 5. The minimum atomic E-state index is 0.0895. The number of hydrogen-bond acceptors (Lipinski definition) is 4. The molecule has 2 heterocycles. The molecule has 2 aromatic heterocycles. The van der Waals surface area contributed by atoms with E-state index in [-0.39, 0.29) is 6.10 Å². The molecule has 1 aromatic carbocycles. The molecule has 3 aromatic rings. The first kappa shape index (κ1) is 13.5. The molecule has 3 rings (SSSR count). The Hall–Kier alpha value is -2.49. The molecule has 21 heavy (non-hydrogen) atoms. The fraction of sp³-hybridized carbons (Fsp3) is 0.235. The van der Waals surface area contributed by atoms with Gasteiger partial charge in [0.05, 0.1) is 18.3 Å². The van der Waals surface area contributed by atoms with Gasteiger partial charge in [-0.3, -0.25) is 0 Å². The number of para-hydroxylation sites is 1. The summed E-state index contributed by atoms with van der Waals surface area (Å²) in [7, 11) is 0. The van der Waals surface area contributed by atoms with Gasteiger partial charge in [0.25, 0.3) is 0 Å². The molecule has 0 aliphatic heterocycles. The highest BCUT2D eigenvalue weighted by atomic mass is 16.5. The van der Waals surface area contributed by atoms with E-state index in [1.807, 2.05) is 56.3 Å². The van der Waals surface area contributed by atoms with Crippen LogP contribution in [0.2, 0.25) is 0 Å². The van der Waals surface area contributed by atoms with E-state index < -0.39 is 0 Å². The lowest BCUT2D eigenvalue weighted by atomic mass is 10.2. The highest BCUT2D eigenvalue weighted by molar-refractivity contribution is 5.77. The largest absolute Gasteiger partial charge is 0.473 e. The van der Waals surface area contributed by atoms with Crippen LogP contribution in [-0.2, 0) is 6.54 Å². The molecule has 0 unspecified atom stereocenters. The third kappa shape index (κ3) is 3.16. The number of ether oxygens (including phenoxy) is 1. The Morgan fingerprint density at radius 1 is 1.19 bits per heavy atom. The number of anilines is 1. The van der Waals surface area contributed by atoms with Gasteiger partial charge in [0.2, 0.25) is 5.88 Å². The Balaban J connectivity index is 1.75. The Morgan fingerprint density at radius 3 is 2.86 bits per heavy atom. The zero-order valence-electron chi connectivity index (χ0n) is 12.2. The van der Waals surface area contributed by atoms with E-state index in [9.17, 15) is 0 Å². The predicted octanol–water partition coefficient (Wildman–Crippen LogP) is 4.23. The van der Waals surface area contributed by atoms with Crippen LogP contribution < -0.4 is 10.1 Å². The lowest BCUT2D eigenvalue weighted by Crippen LogP contribution is -2.09. The molecule has 0 radical (unpaired) electrons. The molecule has 0 spiro atoms. The highest BCUT2D eigenvalue weighted by Gasteiger charge is 2.08. The fourth-order valence-corrected chi connectivity index (χ4v) is 2.15. The summed E-state index contributed by atoms with van der Waals surface area (Å²) < 4.78 is 11.5. The van der Waals surface area contributed by atoms with Crippen LogP contribution >= 0.6 is 0 Å². The summed E-state index contributed by atoms with van der Waals surface area (Å²) in [5.41, 5.74) is 1.77. The van der Waals surface area contributed by atoms with Crippen LogP contribution in [0.15, 0.2) is 53.1 Å². The first-order chi connectivity index (χ1) is 10.2. The maximum Gasteiger partial charge on any atom is 0.237 e. The van der Waals surface area contributed by atoms with Crippen molar-refractivity contribution >= 4 is 16.7 Å². The molecule has 0 amide bonds. The maximum atomic E-state index is 5.79. The fourth-order valence-electron chi connectivity index (χ4n) is 2.15. The van der Waals surface area contributed by atoms with Crippen molar-refractivity contribution in [2.45, 2.75) is 26.5 Å². The van der Waals surface area contributed by atoms with E-state index in [4.69, 9.17) is 9.15 Å². The normalized spacial score (nSPS) is 11.0. The zero-order valence-corrected chi connectivity index (χ0v) is 12.2. The third-order valence-corrected chi connectivity index (χ3v) is 3.05. The second kappa shape index (κ2) is 5.87. The smallest absolute Gasteiger partial charge is 0.237 e. The van der Waals surface area contributed by atoms with Gasteiger partial charge in [0, 0.05) is 11.6 Å². The van der Waals surface area contributed by atoms with Crippen LogP contribution in [0.1, 0.15) is 19.6 Å². The van der Waals surface area contributed by atoms with E-state index in [2.05, 4.69) is 10.3 Å². The zero-order chi connectivity index (χ0) is 14.7. The molecule has 0 bridgehead atoms. The van der Waals surface area contributed by atoms with Crippen molar-refractivity contribution in [2.24, 2.45) is 0 Å². The molecule has 4 heteroatoms. The van der Waals surface area contributed by atoms with Gasteiger partial charge in [0.1, 0.15) is 11.3 Å². The van der Waals surface area contributed by atoms with Crippen LogP contribution in [0.3, 0.4) is 0 Å². The minimum absolute atomic E-state index is 0.0895. The summed E-state index contributed by atoms with van der Waals surface area (Å²) in [4.78, 5) is 4.26. The van der Waals surface area contributed by atoms with Crippen molar-refractivity contribution in [2.75, 3.05) is 5.32 Å². The third-order valence-electron chi connectivity index (χ3n) is 3.05. The van der Waals surface area contributed by atoms with Gasteiger partial charge in [-0.25, -0.2) is 4.98 Å². The molecule has 0 fully saturated rings. The second-order valence-corrected chi connectivity index (χ2v) is 5.13. The van der Waals surface area contributed by atoms with E-state index in [1.165, 1.54) is 0 Å². The van der Waals surface area contributed by atoms with Gasteiger partial charge in [-0.15, -0.1) is 0 Å². The number of fused-ring (bicyclic) bond motifs is 1. The summed E-state index contributed by atoms with van der Waals surface area (Å²) in [6.45, 7) is 4.56. The van der Waals surface area contributed by atoms with Crippen molar-refractivity contribution in [3.63, 3.8) is 0 Å². The molecule has 0 saturated heterocycles. The average molecular weight is 282 g/mol. The number of pyridine rings is 1. The lowest BCUT2D eigenvalue weighted by Gasteiger charge is -2.13. The van der Waals surface area contributed by atoms with Crippen LogP contribution in [0.4, 0.5) is 5.69 Å². The molecule has 108 valence electrons. The number of aromatic nitrogens is 1. The van der Waals surface area contributed by atoms with Crippen LogP contribution in [0, 0.1) is 0 Å². The van der Waals surface area contributed by atoms with Crippen LogP contribution in [0.5, 0.6) is 5.88 Å². The van der Waals surface area contributed by atoms with Crippen LogP contribution in [0.25, 0.3) is 11.0 Å². The molecule has 0 saturated carbocycles. The van der Waals surface area contributed by atoms with Gasteiger partial charge in [-0.05, 0) is 38.1 Å². The molecule has 1 N–H and O–H groups in total. The van der Waals surface area contributed by atoms with Crippen molar-refractivity contribution in [1.29, 1.82) is 0 Å². The predicted molar refractivity (Wildman–Crippen MR) is 83.5 cm³/mol. The van der Waals surface area contributed by atoms with E-state index >= 15 is 0 Å². The summed E-state index contributed by atoms with van der Waals surface area (Å²) in [5.74, 6) is 1.50. The molecule has 0 aliphatic rings. The van der Waals surface area contributed by atoms with E-state index in [0.717, 1.165) is 22.4 Å². The topological polar surface area (TPSA) is 47.3 Å². The number of furan rings is 1. The maximum absolute atomic E-state index is 5.79. The van der Waals surface area contributed by atoms with Gasteiger partial charge in [-0.1, -0.05) is 18.2 Å².